The predicted octanol–water partition coefficient (Wildman–Crippen LogP) is 4.29. The number of carbonyl (C=O) groups excluding carboxylic acids is 1. The fourth-order valence-corrected chi connectivity index (χ4v) is 2.22. The third-order valence-corrected chi connectivity index (χ3v) is 3.87. The number of nitrogens with zero attached hydrogens (tertiary/aromatic N) is 2. The van der Waals surface area contributed by atoms with Gasteiger partial charge in [0.15, 0.2) is 5.54 Å². The molecule has 0 saturated carbocycles. The molecule has 6 nitrogen and oxygen atoms in total. The van der Waals surface area contributed by atoms with Gasteiger partial charge in [-0.05, 0) is 49.4 Å². The van der Waals surface area contributed by atoms with E-state index in [-0.39, 0.29) is 12.2 Å². The second-order valence-electron chi connectivity index (χ2n) is 6.05. The van der Waals surface area contributed by atoms with E-state index in [2.05, 4.69) is 15.8 Å². The molecule has 0 bridgehead atoms. The molecule has 0 aliphatic rings. The number of alkyl halides is 3. The molecule has 10 heteroatoms. The van der Waals surface area contributed by atoms with Gasteiger partial charge in [0.25, 0.3) is 5.91 Å². The lowest BCUT2D eigenvalue weighted by atomic mass is 10.0. The molecular formula is C18H14F4N4O2. The zero-order valence-electron chi connectivity index (χ0n) is 14.5. The van der Waals surface area contributed by atoms with Crippen molar-refractivity contribution < 1.29 is 22.4 Å². The van der Waals surface area contributed by atoms with Crippen LogP contribution in [0.3, 0.4) is 0 Å². The van der Waals surface area contributed by atoms with Crippen molar-refractivity contribution >= 4 is 17.3 Å². The number of carbonyl (C=O) groups is 1. The van der Waals surface area contributed by atoms with Gasteiger partial charge in [-0.2, -0.15) is 18.4 Å². The van der Waals surface area contributed by atoms with Crippen molar-refractivity contribution in [2.45, 2.75) is 18.6 Å². The van der Waals surface area contributed by atoms with Crippen LogP contribution in [-0.2, 0) is 11.0 Å². The Labute approximate surface area is 157 Å². The molecule has 1 amide bonds. The van der Waals surface area contributed by atoms with E-state index in [1.165, 1.54) is 37.3 Å². The van der Waals surface area contributed by atoms with Crippen LogP contribution >= 0.6 is 0 Å². The molecule has 2 aromatic rings. The van der Waals surface area contributed by atoms with Gasteiger partial charge in [0.05, 0.1) is 23.7 Å². The first-order valence-corrected chi connectivity index (χ1v) is 7.86. The lowest BCUT2D eigenvalue weighted by Crippen LogP contribution is -2.44. The van der Waals surface area contributed by atoms with E-state index in [0.29, 0.717) is 11.8 Å². The summed E-state index contributed by atoms with van der Waals surface area (Å²) in [4.78, 5) is 23.6. The van der Waals surface area contributed by atoms with E-state index < -0.39 is 34.6 Å². The van der Waals surface area contributed by atoms with Crippen LogP contribution in [0.15, 0.2) is 47.6 Å². The number of nitriles is 1. The second-order valence-corrected chi connectivity index (χ2v) is 6.05. The highest BCUT2D eigenvalue weighted by atomic mass is 19.4. The van der Waals surface area contributed by atoms with Crippen molar-refractivity contribution in [3.05, 3.63) is 64.3 Å². The molecule has 0 fully saturated rings. The van der Waals surface area contributed by atoms with E-state index in [1.54, 1.807) is 0 Å². The first-order chi connectivity index (χ1) is 13.1. The fourth-order valence-electron chi connectivity index (χ4n) is 2.22. The Kier molecular flexibility index (Phi) is 5.98. The maximum absolute atomic E-state index is 13.0. The summed E-state index contributed by atoms with van der Waals surface area (Å²) in [7, 11) is 0. The highest BCUT2D eigenvalue weighted by Crippen LogP contribution is 2.33. The smallest absolute Gasteiger partial charge is 0.382 e. The summed E-state index contributed by atoms with van der Waals surface area (Å²) in [5.74, 6) is -1.42. The third kappa shape index (κ3) is 4.82. The molecule has 0 unspecified atom stereocenters. The van der Waals surface area contributed by atoms with Crippen molar-refractivity contribution in [3.63, 3.8) is 0 Å². The molecule has 0 radical (unpaired) electrons. The average molecular weight is 394 g/mol. The molecule has 0 aromatic heterocycles. The van der Waals surface area contributed by atoms with Gasteiger partial charge < -0.3 is 10.6 Å². The normalized spacial score (nSPS) is 13.1. The number of halogens is 4. The molecule has 0 spiro atoms. The topological polar surface area (TPSA) is 94.3 Å². The second kappa shape index (κ2) is 8.04. The van der Waals surface area contributed by atoms with Gasteiger partial charge in [0, 0.05) is 11.4 Å². The monoisotopic (exact) mass is 394 g/mol. The van der Waals surface area contributed by atoms with Gasteiger partial charge in [-0.3, -0.25) is 4.79 Å². The summed E-state index contributed by atoms with van der Waals surface area (Å²) in [5.41, 5.74) is -3.49. The standard InChI is InChI=1S/C18H14F4N4O2/c1-17(26-28,10-24-13-6-3-12(19)4-7-13)16(27)25-14-5-2-11(9-23)15(8-14)18(20,21)22/h2-8,24H,10H2,1H3,(H,25,27)/t17-/m0/s1. The molecule has 0 aliphatic heterocycles. The zero-order chi connectivity index (χ0) is 20.9. The Morgan fingerprint density at radius 2 is 1.75 bits per heavy atom. The van der Waals surface area contributed by atoms with E-state index >= 15 is 0 Å². The largest absolute Gasteiger partial charge is 0.417 e. The van der Waals surface area contributed by atoms with Gasteiger partial charge in [-0.15, -0.1) is 4.91 Å². The Hall–Kier alpha value is -3.48. The molecule has 0 saturated heterocycles. The molecule has 0 heterocycles. The third-order valence-electron chi connectivity index (χ3n) is 3.87. The summed E-state index contributed by atoms with van der Waals surface area (Å²) in [6, 6.07) is 9.18. The molecule has 0 aliphatic carbocycles. The van der Waals surface area contributed by atoms with Crippen LogP contribution < -0.4 is 10.6 Å². The van der Waals surface area contributed by atoms with Gasteiger partial charge in [0.2, 0.25) is 0 Å². The van der Waals surface area contributed by atoms with Crippen LogP contribution in [0.25, 0.3) is 0 Å². The summed E-state index contributed by atoms with van der Waals surface area (Å²) < 4.78 is 52.0. The fraction of sp³-hybridized carbons (Fsp3) is 0.222. The summed E-state index contributed by atoms with van der Waals surface area (Å²) in [6.07, 6.45) is -4.79. The minimum atomic E-state index is -4.79. The minimum Gasteiger partial charge on any atom is -0.382 e. The Morgan fingerprint density at radius 3 is 2.29 bits per heavy atom. The molecule has 28 heavy (non-hydrogen) atoms. The number of hydrogen-bond donors (Lipinski definition) is 2. The van der Waals surface area contributed by atoms with Crippen LogP contribution in [0, 0.1) is 22.1 Å². The first-order valence-electron chi connectivity index (χ1n) is 7.86. The molecule has 2 N–H and O–H groups in total. The summed E-state index contributed by atoms with van der Waals surface area (Å²) >= 11 is 0. The lowest BCUT2D eigenvalue weighted by Gasteiger charge is -2.22. The van der Waals surface area contributed by atoms with E-state index in [0.717, 1.165) is 12.1 Å². The van der Waals surface area contributed by atoms with E-state index in [4.69, 9.17) is 5.26 Å². The van der Waals surface area contributed by atoms with Crippen LogP contribution in [0.2, 0.25) is 0 Å². The Bertz CT molecular complexity index is 923. The summed E-state index contributed by atoms with van der Waals surface area (Å²) in [6.45, 7) is 0.913. The number of nitroso groups, excluding NO2 is 1. The number of rotatable bonds is 6. The molecule has 2 rings (SSSR count). The van der Waals surface area contributed by atoms with Crippen LogP contribution in [0.1, 0.15) is 18.1 Å². The average Bonchev–Trinajstić information content (AvgIpc) is 2.66. The van der Waals surface area contributed by atoms with Crippen molar-refractivity contribution in [1.82, 2.24) is 0 Å². The maximum atomic E-state index is 13.0. The van der Waals surface area contributed by atoms with Crippen molar-refractivity contribution in [2.75, 3.05) is 17.2 Å². The quantitative estimate of drug-likeness (QED) is 0.564. The number of nitrogens with one attached hydrogen (secondary N) is 2. The van der Waals surface area contributed by atoms with Crippen LogP contribution in [0.4, 0.5) is 28.9 Å². The van der Waals surface area contributed by atoms with Gasteiger partial charge in [0.1, 0.15) is 5.82 Å². The number of hydrogen-bond acceptors (Lipinski definition) is 5. The summed E-state index contributed by atoms with van der Waals surface area (Å²) in [5, 5.41) is 16.5. The van der Waals surface area contributed by atoms with Crippen molar-refractivity contribution in [2.24, 2.45) is 5.18 Å². The molecule has 146 valence electrons. The van der Waals surface area contributed by atoms with Gasteiger partial charge in [-0.25, -0.2) is 4.39 Å². The van der Waals surface area contributed by atoms with Crippen LogP contribution in [-0.4, -0.2) is 18.0 Å². The minimum absolute atomic E-state index is 0.243. The predicted molar refractivity (Wildman–Crippen MR) is 93.9 cm³/mol. The first kappa shape index (κ1) is 20.8. The zero-order valence-corrected chi connectivity index (χ0v) is 14.5. The molecule has 1 atom stereocenters. The number of amides is 1. The van der Waals surface area contributed by atoms with E-state index in [9.17, 15) is 27.3 Å². The van der Waals surface area contributed by atoms with Crippen molar-refractivity contribution in [3.8, 4) is 6.07 Å². The molecular weight excluding hydrogens is 380 g/mol. The van der Waals surface area contributed by atoms with Crippen molar-refractivity contribution in [1.29, 1.82) is 5.26 Å². The highest BCUT2D eigenvalue weighted by molar-refractivity contribution is 5.98. The Balaban J connectivity index is 2.18. The Morgan fingerprint density at radius 1 is 1.14 bits per heavy atom. The maximum Gasteiger partial charge on any atom is 0.417 e. The number of anilines is 2. The number of benzene rings is 2. The van der Waals surface area contributed by atoms with Crippen LogP contribution in [0.5, 0.6) is 0 Å². The SMILES string of the molecule is C[C@@](CNc1ccc(F)cc1)(N=O)C(=O)Nc1ccc(C#N)c(C(F)(F)F)c1. The highest BCUT2D eigenvalue weighted by Gasteiger charge is 2.37. The van der Waals surface area contributed by atoms with Gasteiger partial charge >= 0.3 is 6.18 Å². The molecule has 2 aromatic carbocycles. The van der Waals surface area contributed by atoms with Gasteiger partial charge in [-0.1, -0.05) is 5.18 Å². The van der Waals surface area contributed by atoms with E-state index in [1.807, 2.05) is 0 Å². The lowest BCUT2D eigenvalue weighted by molar-refractivity contribution is -0.137.